The van der Waals surface area contributed by atoms with Crippen LogP contribution in [0.25, 0.3) is 44.1 Å². The number of benzene rings is 3. The van der Waals surface area contributed by atoms with Gasteiger partial charge in [0.05, 0.1) is 36.6 Å². The molecule has 8 rings (SSSR count). The number of carbonyl (C=O) groups is 3. The van der Waals surface area contributed by atoms with Crippen LogP contribution >= 0.6 is 0 Å². The lowest BCUT2D eigenvalue weighted by Crippen LogP contribution is -2.51. The first-order valence-corrected chi connectivity index (χ1v) is 19.3. The van der Waals surface area contributed by atoms with E-state index in [1.165, 1.54) is 7.11 Å². The van der Waals surface area contributed by atoms with Gasteiger partial charge in [-0.2, -0.15) is 0 Å². The molecule has 10 nitrogen and oxygen atoms in total. The Morgan fingerprint density at radius 3 is 2.45 bits per heavy atom. The van der Waals surface area contributed by atoms with Gasteiger partial charge in [-0.3, -0.25) is 9.59 Å². The zero-order chi connectivity index (χ0) is 37.0. The largest absolute Gasteiger partial charge is 0.453 e. The van der Waals surface area contributed by atoms with Gasteiger partial charge in [-0.15, -0.1) is 0 Å². The molecule has 3 aliphatic rings. The van der Waals surface area contributed by atoms with Crippen LogP contribution in [-0.2, 0) is 14.3 Å². The van der Waals surface area contributed by atoms with Gasteiger partial charge in [-0.05, 0) is 84.1 Å². The summed E-state index contributed by atoms with van der Waals surface area (Å²) in [6, 6.07) is 21.3. The van der Waals surface area contributed by atoms with Crippen LogP contribution in [0.4, 0.5) is 4.79 Å². The van der Waals surface area contributed by atoms with E-state index in [-0.39, 0.29) is 29.8 Å². The Morgan fingerprint density at radius 2 is 1.70 bits per heavy atom. The Morgan fingerprint density at radius 1 is 0.943 bits per heavy atom. The first-order valence-electron chi connectivity index (χ1n) is 19.3. The first-order chi connectivity index (χ1) is 25.6. The van der Waals surface area contributed by atoms with E-state index in [0.29, 0.717) is 30.8 Å². The number of amides is 3. The molecule has 3 aromatic carbocycles. The number of hydrogen-bond donors (Lipinski definition) is 3. The topological polar surface area (TPSA) is 123 Å². The number of imidazole rings is 1. The maximum absolute atomic E-state index is 13.8. The minimum absolute atomic E-state index is 0.0522. The Balaban J connectivity index is 1.02. The van der Waals surface area contributed by atoms with E-state index in [1.54, 1.807) is 0 Å². The van der Waals surface area contributed by atoms with Crippen molar-refractivity contribution in [3.8, 4) is 22.4 Å². The summed E-state index contributed by atoms with van der Waals surface area (Å²) in [6.45, 7) is 8.74. The number of hydrogen-bond acceptors (Lipinski definition) is 5. The maximum atomic E-state index is 13.8. The van der Waals surface area contributed by atoms with Crippen LogP contribution in [-0.4, -0.2) is 68.4 Å². The van der Waals surface area contributed by atoms with Gasteiger partial charge >= 0.3 is 6.09 Å². The van der Waals surface area contributed by atoms with Crippen molar-refractivity contribution < 1.29 is 19.1 Å². The van der Waals surface area contributed by atoms with Crippen molar-refractivity contribution in [1.82, 2.24) is 30.1 Å². The predicted molar refractivity (Wildman–Crippen MR) is 207 cm³/mol. The summed E-state index contributed by atoms with van der Waals surface area (Å²) in [6.07, 6.45) is 6.97. The number of rotatable bonds is 9. The molecule has 3 fully saturated rings. The van der Waals surface area contributed by atoms with Crippen molar-refractivity contribution in [3.05, 3.63) is 78.4 Å². The molecule has 5 aromatic rings. The summed E-state index contributed by atoms with van der Waals surface area (Å²) in [5.74, 6) is 1.81. The average Bonchev–Trinajstić information content (AvgIpc) is 4.01. The summed E-state index contributed by atoms with van der Waals surface area (Å²) >= 11 is 0. The fourth-order valence-electron chi connectivity index (χ4n) is 9.29. The van der Waals surface area contributed by atoms with Crippen LogP contribution in [0.2, 0.25) is 0 Å². The van der Waals surface area contributed by atoms with E-state index in [9.17, 15) is 14.4 Å². The van der Waals surface area contributed by atoms with Crippen molar-refractivity contribution in [1.29, 1.82) is 0 Å². The average molecular weight is 715 g/mol. The molecule has 2 aromatic heterocycles. The highest BCUT2D eigenvalue weighted by molar-refractivity contribution is 6.07. The van der Waals surface area contributed by atoms with Gasteiger partial charge in [0.1, 0.15) is 11.9 Å². The van der Waals surface area contributed by atoms with E-state index < -0.39 is 12.1 Å². The Kier molecular flexibility index (Phi) is 9.25. The zero-order valence-corrected chi connectivity index (χ0v) is 31.3. The molecule has 0 unspecified atom stereocenters. The summed E-state index contributed by atoms with van der Waals surface area (Å²) < 4.78 is 4.82. The highest BCUT2D eigenvalue weighted by Crippen LogP contribution is 2.50. The SMILES string of the molecule is CCCC(=O)N1[C@@H]2CC[C@@H](C2)[C@H]1c1ncc(-c2ccc(-c3ccc4c(ccc5cc([C@@H]6C[C@H](C)CN6C(=O)[C@@H](NC(=O)OC)C(C)C)[nH]c54)c3)cc2)[nH]1. The molecular weight excluding hydrogens is 665 g/mol. The van der Waals surface area contributed by atoms with Gasteiger partial charge in [0.15, 0.2) is 0 Å². The number of methoxy groups -OCH3 is 1. The number of alkyl carbamates (subject to hydrolysis) is 1. The molecule has 2 saturated heterocycles. The standard InChI is InChI=1S/C43H50N6O4/c1-6-7-37(50)49-32-16-14-31(20-32)40(49)41-44-22-35(46-41)27-10-8-26(9-11-27)28-15-17-33-29(19-28)12-13-30-21-34(45-39(30)33)36-18-25(4)23-48(36)42(51)38(24(2)3)47-43(52)53-5/h8-13,15,17,19,21-22,24-25,31-32,36,38,40,45H,6-7,14,16,18,20,23H2,1-5H3,(H,44,46)(H,47,52)/t25-,31-,32+,36-,38-,40-/m0/s1. The fraction of sp³-hybridized carbons (Fsp3) is 0.442. The normalized spacial score (nSPS) is 23.0. The molecule has 4 heterocycles. The van der Waals surface area contributed by atoms with E-state index in [1.807, 2.05) is 24.9 Å². The monoisotopic (exact) mass is 714 g/mol. The number of likely N-dealkylation sites (tertiary alicyclic amines) is 2. The second-order valence-corrected chi connectivity index (χ2v) is 15.9. The fourth-order valence-corrected chi connectivity index (χ4v) is 9.29. The van der Waals surface area contributed by atoms with Gasteiger partial charge in [0.2, 0.25) is 11.8 Å². The lowest BCUT2D eigenvalue weighted by molar-refractivity contribution is -0.136. The number of ether oxygens (including phenoxy) is 1. The molecule has 2 aliphatic heterocycles. The van der Waals surface area contributed by atoms with Crippen molar-refractivity contribution in [2.24, 2.45) is 17.8 Å². The van der Waals surface area contributed by atoms with Crippen molar-refractivity contribution in [3.63, 3.8) is 0 Å². The van der Waals surface area contributed by atoms with Gasteiger partial charge in [0, 0.05) is 35.5 Å². The number of aromatic nitrogens is 3. The molecular formula is C43H50N6O4. The number of fused-ring (bicyclic) bond motifs is 5. The molecule has 53 heavy (non-hydrogen) atoms. The third-order valence-electron chi connectivity index (χ3n) is 11.9. The molecule has 276 valence electrons. The van der Waals surface area contributed by atoms with Crippen LogP contribution in [0, 0.1) is 17.8 Å². The second kappa shape index (κ2) is 14.0. The molecule has 0 spiro atoms. The summed E-state index contributed by atoms with van der Waals surface area (Å²) in [5, 5.41) is 6.12. The van der Waals surface area contributed by atoms with Crippen LogP contribution in [0.1, 0.15) is 89.8 Å². The minimum Gasteiger partial charge on any atom is -0.453 e. The van der Waals surface area contributed by atoms with Gasteiger partial charge in [-0.25, -0.2) is 9.78 Å². The van der Waals surface area contributed by atoms with Gasteiger partial charge in [-0.1, -0.05) is 76.2 Å². The lowest BCUT2D eigenvalue weighted by Gasteiger charge is -2.34. The highest BCUT2D eigenvalue weighted by Gasteiger charge is 2.49. The quantitative estimate of drug-likeness (QED) is 0.141. The number of carbonyl (C=O) groups excluding carboxylic acids is 3. The van der Waals surface area contributed by atoms with Crippen molar-refractivity contribution in [2.45, 2.75) is 90.4 Å². The highest BCUT2D eigenvalue weighted by atomic mass is 16.5. The minimum atomic E-state index is -0.662. The van der Waals surface area contributed by atoms with Gasteiger partial charge < -0.3 is 29.8 Å². The molecule has 6 atom stereocenters. The van der Waals surface area contributed by atoms with E-state index in [2.05, 4.69) is 94.7 Å². The molecule has 2 bridgehead atoms. The second-order valence-electron chi connectivity index (χ2n) is 15.9. The third kappa shape index (κ3) is 6.36. The molecule has 3 amide bonds. The number of nitrogens with one attached hydrogen (secondary N) is 3. The van der Waals surface area contributed by atoms with E-state index in [4.69, 9.17) is 9.72 Å². The summed E-state index contributed by atoms with van der Waals surface area (Å²) in [5.41, 5.74) is 6.36. The Hall–Kier alpha value is -5.12. The third-order valence-corrected chi connectivity index (χ3v) is 11.9. The maximum Gasteiger partial charge on any atom is 0.407 e. The number of aromatic amines is 2. The lowest BCUT2D eigenvalue weighted by atomic mass is 9.97. The van der Waals surface area contributed by atoms with Crippen LogP contribution in [0.15, 0.2) is 66.9 Å². The Bertz CT molecular complexity index is 2170. The van der Waals surface area contributed by atoms with Gasteiger partial charge in [0.25, 0.3) is 0 Å². The summed E-state index contributed by atoms with van der Waals surface area (Å²) in [7, 11) is 1.31. The molecule has 1 aliphatic carbocycles. The zero-order valence-electron chi connectivity index (χ0n) is 31.3. The molecule has 10 heteroatoms. The number of piperidine rings is 1. The van der Waals surface area contributed by atoms with Crippen LogP contribution in [0.3, 0.4) is 0 Å². The van der Waals surface area contributed by atoms with E-state index >= 15 is 0 Å². The summed E-state index contributed by atoms with van der Waals surface area (Å²) in [4.78, 5) is 55.1. The van der Waals surface area contributed by atoms with Crippen molar-refractivity contribution >= 4 is 39.6 Å². The van der Waals surface area contributed by atoms with Crippen LogP contribution in [0.5, 0.6) is 0 Å². The first kappa shape index (κ1) is 34.9. The van der Waals surface area contributed by atoms with Crippen LogP contribution < -0.4 is 5.32 Å². The predicted octanol–water partition coefficient (Wildman–Crippen LogP) is 8.52. The van der Waals surface area contributed by atoms with E-state index in [0.717, 1.165) is 87.7 Å². The molecule has 0 radical (unpaired) electrons. The number of nitrogens with zero attached hydrogens (tertiary/aromatic N) is 3. The Labute approximate surface area is 310 Å². The smallest absolute Gasteiger partial charge is 0.407 e. The van der Waals surface area contributed by atoms with Crippen molar-refractivity contribution in [2.75, 3.05) is 13.7 Å². The molecule has 1 saturated carbocycles. The number of H-pyrrole nitrogens is 2. The molecule has 3 N–H and O–H groups in total.